The molecule has 2 fully saturated rings. The lowest BCUT2D eigenvalue weighted by molar-refractivity contribution is 0.115. The van der Waals surface area contributed by atoms with Crippen LogP contribution in [0.2, 0.25) is 5.02 Å². The number of hydrogen-bond donors (Lipinski definition) is 1. The Bertz CT molecular complexity index is 1620. The van der Waals surface area contributed by atoms with E-state index < -0.39 is 0 Å². The van der Waals surface area contributed by atoms with Gasteiger partial charge in [0.05, 0.1) is 34.6 Å². The first-order chi connectivity index (χ1) is 20.4. The highest BCUT2D eigenvalue weighted by molar-refractivity contribution is 7.99. The van der Waals surface area contributed by atoms with Crippen molar-refractivity contribution >= 4 is 51.3 Å². The molecule has 0 saturated carbocycles. The summed E-state index contributed by atoms with van der Waals surface area (Å²) in [4.78, 5) is 17.4. The lowest BCUT2D eigenvalue weighted by Crippen LogP contribution is -2.53. The number of piperazine rings is 1. The van der Waals surface area contributed by atoms with Crippen molar-refractivity contribution < 1.29 is 4.74 Å². The molecule has 6 rings (SSSR count). The molecule has 11 heteroatoms. The second-order valence-electron chi connectivity index (χ2n) is 11.0. The molecule has 2 aromatic carbocycles. The fraction of sp³-hybridized carbons (Fsp3) is 0.387. The van der Waals surface area contributed by atoms with Gasteiger partial charge in [0.15, 0.2) is 5.16 Å². The van der Waals surface area contributed by atoms with Crippen molar-refractivity contribution in [3.63, 3.8) is 0 Å². The fourth-order valence-corrected chi connectivity index (χ4v) is 6.98. The van der Waals surface area contributed by atoms with Gasteiger partial charge < -0.3 is 24.4 Å². The summed E-state index contributed by atoms with van der Waals surface area (Å²) in [5.74, 6) is 0.773. The van der Waals surface area contributed by atoms with Crippen molar-refractivity contribution in [3.05, 3.63) is 59.5 Å². The number of rotatable bonds is 7. The van der Waals surface area contributed by atoms with Crippen molar-refractivity contribution in [1.82, 2.24) is 24.3 Å². The van der Waals surface area contributed by atoms with E-state index in [0.717, 1.165) is 64.3 Å². The molecule has 2 aliphatic heterocycles. The number of benzene rings is 2. The van der Waals surface area contributed by atoms with E-state index in [1.165, 1.54) is 37.7 Å². The molecule has 0 radical (unpaired) electrons. The Morgan fingerprint density at radius 3 is 2.50 bits per heavy atom. The molecule has 0 amide bonds. The highest BCUT2D eigenvalue weighted by Crippen LogP contribution is 2.39. The predicted octanol–water partition coefficient (Wildman–Crippen LogP) is 5.61. The molecule has 2 saturated heterocycles. The standard InChI is InChI=1S/C31H35ClN8OS/c1-37-9-6-23(7-10-37)39-12-14-40(15-13-39)27-18-26-24(17-28(27)41-3)30(21(19-33)20-35-26)36-22-4-5-29(25(32)16-22)42-31-34-8-11-38(31)2/h4-5,8,11,16-18,20,23H,6-7,9-10,12-15H2,1-3H3,(H,35,36). The molecule has 0 atom stereocenters. The molecule has 4 heterocycles. The molecule has 2 aliphatic rings. The number of nitrogens with one attached hydrogen (secondary N) is 1. The zero-order chi connectivity index (χ0) is 29.2. The van der Waals surface area contributed by atoms with Crippen LogP contribution in [0.3, 0.4) is 0 Å². The number of piperidine rings is 1. The minimum Gasteiger partial charge on any atom is -0.495 e. The monoisotopic (exact) mass is 602 g/mol. The number of likely N-dealkylation sites (tertiary alicyclic amines) is 1. The molecular formula is C31H35ClN8OS. The van der Waals surface area contributed by atoms with Gasteiger partial charge in [0.1, 0.15) is 11.8 Å². The number of fused-ring (bicyclic) bond motifs is 1. The summed E-state index contributed by atoms with van der Waals surface area (Å²) in [6.07, 6.45) is 7.79. The second-order valence-corrected chi connectivity index (χ2v) is 12.4. The maximum absolute atomic E-state index is 9.94. The van der Waals surface area contributed by atoms with Crippen LogP contribution in [-0.4, -0.2) is 83.8 Å². The summed E-state index contributed by atoms with van der Waals surface area (Å²) in [6.45, 7) is 6.32. The van der Waals surface area contributed by atoms with E-state index in [1.807, 2.05) is 42.1 Å². The van der Waals surface area contributed by atoms with E-state index in [9.17, 15) is 5.26 Å². The van der Waals surface area contributed by atoms with Crippen LogP contribution >= 0.6 is 23.4 Å². The molecule has 0 spiro atoms. The van der Waals surface area contributed by atoms with Gasteiger partial charge in [0.2, 0.25) is 0 Å². The highest BCUT2D eigenvalue weighted by Gasteiger charge is 2.28. The van der Waals surface area contributed by atoms with Gasteiger partial charge in [-0.15, -0.1) is 0 Å². The van der Waals surface area contributed by atoms with Crippen molar-refractivity contribution in [3.8, 4) is 11.8 Å². The van der Waals surface area contributed by atoms with Gasteiger partial charge in [-0.25, -0.2) is 4.98 Å². The van der Waals surface area contributed by atoms with Gasteiger partial charge in [-0.3, -0.25) is 9.88 Å². The first-order valence-corrected chi connectivity index (χ1v) is 15.4. The molecule has 9 nitrogen and oxygen atoms in total. The molecule has 0 bridgehead atoms. The van der Waals surface area contributed by atoms with E-state index in [2.05, 4.69) is 49.2 Å². The van der Waals surface area contributed by atoms with Gasteiger partial charge in [-0.05, 0) is 63.3 Å². The largest absolute Gasteiger partial charge is 0.495 e. The number of aryl methyl sites for hydroxylation is 1. The number of hydrogen-bond acceptors (Lipinski definition) is 9. The second kappa shape index (κ2) is 12.4. The van der Waals surface area contributed by atoms with E-state index >= 15 is 0 Å². The smallest absolute Gasteiger partial charge is 0.172 e. The van der Waals surface area contributed by atoms with Crippen LogP contribution in [-0.2, 0) is 7.05 Å². The number of methoxy groups -OCH3 is 1. The maximum atomic E-state index is 9.94. The third kappa shape index (κ3) is 5.88. The van der Waals surface area contributed by atoms with Crippen molar-refractivity contribution in [2.24, 2.45) is 7.05 Å². The first-order valence-electron chi connectivity index (χ1n) is 14.2. The fourth-order valence-electron chi connectivity index (χ4n) is 5.88. The van der Waals surface area contributed by atoms with E-state index in [0.29, 0.717) is 22.3 Å². The van der Waals surface area contributed by atoms with Crippen LogP contribution in [0.25, 0.3) is 10.9 Å². The van der Waals surface area contributed by atoms with Crippen LogP contribution in [0.1, 0.15) is 18.4 Å². The normalized spacial score (nSPS) is 17.0. The Labute approximate surface area is 256 Å². The molecular weight excluding hydrogens is 568 g/mol. The summed E-state index contributed by atoms with van der Waals surface area (Å²) in [5, 5.41) is 15.7. The summed E-state index contributed by atoms with van der Waals surface area (Å²) in [6, 6.07) is 12.8. The SMILES string of the molecule is COc1cc2c(Nc3ccc(Sc4nccn4C)c(Cl)c3)c(C#N)cnc2cc1N1CCN(C2CCN(C)CC2)CC1. The van der Waals surface area contributed by atoms with Gasteiger partial charge in [0, 0.05) is 73.8 Å². The Balaban J connectivity index is 1.24. The number of anilines is 3. The van der Waals surface area contributed by atoms with Crippen LogP contribution < -0.4 is 15.0 Å². The number of nitrogens with zero attached hydrogens (tertiary/aromatic N) is 7. The number of pyridine rings is 1. The topological polar surface area (TPSA) is 85.5 Å². The Morgan fingerprint density at radius 2 is 1.83 bits per heavy atom. The minimum atomic E-state index is 0.451. The van der Waals surface area contributed by atoms with Crippen molar-refractivity contribution in [1.29, 1.82) is 5.26 Å². The van der Waals surface area contributed by atoms with Crippen LogP contribution in [0, 0.1) is 11.3 Å². The number of nitriles is 1. The predicted molar refractivity (Wildman–Crippen MR) is 169 cm³/mol. The van der Waals surface area contributed by atoms with Gasteiger partial charge in [0.25, 0.3) is 0 Å². The highest BCUT2D eigenvalue weighted by atomic mass is 35.5. The first kappa shape index (κ1) is 28.6. The Morgan fingerprint density at radius 1 is 1.05 bits per heavy atom. The lowest BCUT2D eigenvalue weighted by atomic mass is 10.0. The zero-order valence-electron chi connectivity index (χ0n) is 24.2. The van der Waals surface area contributed by atoms with Crippen molar-refractivity contribution in [2.45, 2.75) is 28.9 Å². The molecule has 42 heavy (non-hydrogen) atoms. The van der Waals surface area contributed by atoms with Gasteiger partial charge in [-0.2, -0.15) is 5.26 Å². The Hall–Kier alpha value is -3.49. The number of imidazole rings is 1. The Kier molecular flexibility index (Phi) is 8.45. The number of aromatic nitrogens is 3. The van der Waals surface area contributed by atoms with Crippen LogP contribution in [0.15, 0.2) is 59.0 Å². The summed E-state index contributed by atoms with van der Waals surface area (Å²) in [5.41, 5.74) is 3.75. The van der Waals surface area contributed by atoms with Gasteiger partial charge >= 0.3 is 0 Å². The molecule has 0 unspecified atom stereocenters. The van der Waals surface area contributed by atoms with Crippen molar-refractivity contribution in [2.75, 3.05) is 63.6 Å². The minimum absolute atomic E-state index is 0.451. The van der Waals surface area contributed by atoms with Crippen LogP contribution in [0.4, 0.5) is 17.1 Å². The molecule has 2 aromatic heterocycles. The summed E-state index contributed by atoms with van der Waals surface area (Å²) in [7, 11) is 5.86. The third-order valence-corrected chi connectivity index (χ3v) is 9.90. The summed E-state index contributed by atoms with van der Waals surface area (Å²) < 4.78 is 7.85. The van der Waals surface area contributed by atoms with Crippen LogP contribution in [0.5, 0.6) is 5.75 Å². The van der Waals surface area contributed by atoms with E-state index in [4.69, 9.17) is 16.3 Å². The van der Waals surface area contributed by atoms with Gasteiger partial charge in [-0.1, -0.05) is 23.4 Å². The quantitative estimate of drug-likeness (QED) is 0.290. The number of ether oxygens (including phenoxy) is 1. The zero-order valence-corrected chi connectivity index (χ0v) is 25.8. The number of halogens is 1. The summed E-state index contributed by atoms with van der Waals surface area (Å²) >= 11 is 8.18. The lowest BCUT2D eigenvalue weighted by Gasteiger charge is -2.43. The average molecular weight is 603 g/mol. The molecule has 218 valence electrons. The average Bonchev–Trinajstić information content (AvgIpc) is 3.42. The third-order valence-electron chi connectivity index (χ3n) is 8.33. The maximum Gasteiger partial charge on any atom is 0.172 e. The van der Waals surface area contributed by atoms with E-state index in [-0.39, 0.29) is 0 Å². The molecule has 0 aliphatic carbocycles. The molecule has 4 aromatic rings. The van der Waals surface area contributed by atoms with E-state index in [1.54, 1.807) is 19.5 Å². The molecule has 1 N–H and O–H groups in total.